The molecule has 1 heterocycles. The molecule has 6 heteroatoms. The number of carbonyl (C=O) groups excluding carboxylic acids is 1. The van der Waals surface area contributed by atoms with Crippen molar-refractivity contribution in [3.63, 3.8) is 0 Å². The summed E-state index contributed by atoms with van der Waals surface area (Å²) >= 11 is 0. The zero-order chi connectivity index (χ0) is 15.6. The smallest absolute Gasteiger partial charge is 0.310 e. The monoisotopic (exact) mass is 293 g/mol. The highest BCUT2D eigenvalue weighted by atomic mass is 16.7. The van der Waals surface area contributed by atoms with Crippen molar-refractivity contribution in [2.45, 2.75) is 27.2 Å². The molecular formula is C15H19NO5. The van der Waals surface area contributed by atoms with E-state index in [0.717, 1.165) is 0 Å². The minimum Gasteiger partial charge on any atom is -0.481 e. The molecule has 1 unspecified atom stereocenters. The number of rotatable bonds is 5. The molecule has 21 heavy (non-hydrogen) atoms. The number of carboxylic acid groups (broad SMARTS) is 1. The van der Waals surface area contributed by atoms with Gasteiger partial charge in [-0.3, -0.25) is 9.59 Å². The summed E-state index contributed by atoms with van der Waals surface area (Å²) in [5, 5.41) is 12.0. The lowest BCUT2D eigenvalue weighted by molar-refractivity contribution is -0.153. The van der Waals surface area contributed by atoms with E-state index in [1.54, 1.807) is 39.0 Å². The zero-order valence-electron chi connectivity index (χ0n) is 12.3. The quantitative estimate of drug-likeness (QED) is 0.871. The summed E-state index contributed by atoms with van der Waals surface area (Å²) in [6.45, 7) is 5.33. The first kappa shape index (κ1) is 15.2. The molecule has 1 aromatic rings. The molecular weight excluding hydrogens is 274 g/mol. The maximum Gasteiger partial charge on any atom is 0.310 e. The molecule has 1 aromatic carbocycles. The van der Waals surface area contributed by atoms with Crippen LogP contribution in [0.1, 0.15) is 27.2 Å². The van der Waals surface area contributed by atoms with Crippen LogP contribution in [0, 0.1) is 11.3 Å². The first-order chi connectivity index (χ1) is 9.83. The third-order valence-corrected chi connectivity index (χ3v) is 3.95. The van der Waals surface area contributed by atoms with Crippen LogP contribution in [-0.2, 0) is 9.59 Å². The van der Waals surface area contributed by atoms with Crippen molar-refractivity contribution in [1.82, 2.24) is 0 Å². The predicted molar refractivity (Wildman–Crippen MR) is 76.4 cm³/mol. The Morgan fingerprint density at radius 2 is 2.00 bits per heavy atom. The average molecular weight is 293 g/mol. The normalized spacial score (nSPS) is 15.6. The number of anilines is 1. The van der Waals surface area contributed by atoms with E-state index in [9.17, 15) is 14.7 Å². The van der Waals surface area contributed by atoms with Crippen molar-refractivity contribution in [3.05, 3.63) is 18.2 Å². The van der Waals surface area contributed by atoms with Gasteiger partial charge >= 0.3 is 5.97 Å². The molecule has 6 nitrogen and oxygen atoms in total. The van der Waals surface area contributed by atoms with Gasteiger partial charge in [0.25, 0.3) is 0 Å². The second-order valence-corrected chi connectivity index (χ2v) is 5.67. The number of aliphatic carboxylic acids is 1. The Hall–Kier alpha value is -2.24. The van der Waals surface area contributed by atoms with Gasteiger partial charge in [-0.05, 0) is 25.0 Å². The van der Waals surface area contributed by atoms with Crippen LogP contribution in [-0.4, -0.2) is 23.8 Å². The van der Waals surface area contributed by atoms with E-state index in [2.05, 4.69) is 5.32 Å². The van der Waals surface area contributed by atoms with Gasteiger partial charge in [-0.2, -0.15) is 0 Å². The molecule has 0 aromatic heterocycles. The van der Waals surface area contributed by atoms with E-state index in [1.807, 2.05) is 0 Å². The summed E-state index contributed by atoms with van der Waals surface area (Å²) in [6, 6.07) is 5.06. The molecule has 0 saturated heterocycles. The van der Waals surface area contributed by atoms with Crippen LogP contribution < -0.4 is 14.8 Å². The second-order valence-electron chi connectivity index (χ2n) is 5.67. The van der Waals surface area contributed by atoms with Crippen LogP contribution in [0.2, 0.25) is 0 Å². The Morgan fingerprint density at radius 3 is 2.62 bits per heavy atom. The minimum atomic E-state index is -1.10. The Labute approximate surface area is 123 Å². The summed E-state index contributed by atoms with van der Waals surface area (Å²) in [5.74, 6) is -0.272. The maximum absolute atomic E-state index is 12.1. The van der Waals surface area contributed by atoms with E-state index in [-0.39, 0.29) is 25.0 Å². The third kappa shape index (κ3) is 3.09. The highest BCUT2D eigenvalue weighted by Crippen LogP contribution is 2.35. The largest absolute Gasteiger partial charge is 0.481 e. The minimum absolute atomic E-state index is 0.0888. The van der Waals surface area contributed by atoms with E-state index < -0.39 is 11.4 Å². The van der Waals surface area contributed by atoms with Gasteiger partial charge in [0.2, 0.25) is 12.7 Å². The molecule has 0 bridgehead atoms. The molecule has 0 saturated carbocycles. The molecule has 2 N–H and O–H groups in total. The van der Waals surface area contributed by atoms with Crippen LogP contribution >= 0.6 is 0 Å². The Balaban J connectivity index is 2.06. The van der Waals surface area contributed by atoms with Crippen molar-refractivity contribution in [1.29, 1.82) is 0 Å². The van der Waals surface area contributed by atoms with E-state index in [4.69, 9.17) is 9.47 Å². The first-order valence-electron chi connectivity index (χ1n) is 6.76. The molecule has 0 radical (unpaired) electrons. The van der Waals surface area contributed by atoms with Crippen molar-refractivity contribution in [2.24, 2.45) is 11.3 Å². The van der Waals surface area contributed by atoms with Crippen LogP contribution in [0.4, 0.5) is 5.69 Å². The number of fused-ring (bicyclic) bond motifs is 1. The Kier molecular flexibility index (Phi) is 4.06. The van der Waals surface area contributed by atoms with Gasteiger partial charge in [-0.15, -0.1) is 0 Å². The van der Waals surface area contributed by atoms with Crippen molar-refractivity contribution < 1.29 is 24.2 Å². The summed E-state index contributed by atoms with van der Waals surface area (Å²) in [4.78, 5) is 23.5. The van der Waals surface area contributed by atoms with Gasteiger partial charge in [-0.1, -0.05) is 13.8 Å². The number of amides is 1. The van der Waals surface area contributed by atoms with Gasteiger partial charge in [0.15, 0.2) is 11.5 Å². The van der Waals surface area contributed by atoms with E-state index >= 15 is 0 Å². The number of nitrogens with one attached hydrogen (secondary N) is 1. The Bertz CT molecular complexity index is 569. The molecule has 0 aliphatic carbocycles. The van der Waals surface area contributed by atoms with Gasteiger partial charge < -0.3 is 19.9 Å². The fourth-order valence-electron chi connectivity index (χ4n) is 2.04. The van der Waals surface area contributed by atoms with Crippen LogP contribution in [0.5, 0.6) is 11.5 Å². The number of benzene rings is 1. The van der Waals surface area contributed by atoms with Crippen molar-refractivity contribution >= 4 is 17.6 Å². The molecule has 2 rings (SSSR count). The lowest BCUT2D eigenvalue weighted by Crippen LogP contribution is -2.37. The highest BCUT2D eigenvalue weighted by Gasteiger charge is 2.38. The number of ether oxygens (including phenoxy) is 2. The predicted octanol–water partition coefficient (Wildman–Crippen LogP) is 2.49. The van der Waals surface area contributed by atoms with Crippen molar-refractivity contribution in [3.8, 4) is 11.5 Å². The number of carbonyl (C=O) groups is 2. The summed E-state index contributed by atoms with van der Waals surface area (Å²) in [7, 11) is 0. The summed E-state index contributed by atoms with van der Waals surface area (Å²) in [6.07, 6.45) is -0.0888. The standard InChI is InChI=1S/C15H19NO5/c1-9(2)15(3,14(18)19)7-13(17)16-10-4-5-11-12(6-10)21-8-20-11/h4-6,9H,7-8H2,1-3H3,(H,16,17)(H,18,19). The average Bonchev–Trinajstić information content (AvgIpc) is 2.85. The topological polar surface area (TPSA) is 84.9 Å². The second kappa shape index (κ2) is 5.63. The van der Waals surface area contributed by atoms with Gasteiger partial charge in [0.05, 0.1) is 5.41 Å². The van der Waals surface area contributed by atoms with E-state index in [0.29, 0.717) is 17.2 Å². The van der Waals surface area contributed by atoms with Crippen molar-refractivity contribution in [2.75, 3.05) is 12.1 Å². The molecule has 0 fully saturated rings. The molecule has 1 atom stereocenters. The molecule has 0 spiro atoms. The third-order valence-electron chi connectivity index (χ3n) is 3.95. The van der Waals surface area contributed by atoms with Crippen LogP contribution in [0.3, 0.4) is 0 Å². The summed E-state index contributed by atoms with van der Waals surface area (Å²) < 4.78 is 10.4. The van der Waals surface area contributed by atoms with Crippen LogP contribution in [0.15, 0.2) is 18.2 Å². The lowest BCUT2D eigenvalue weighted by atomic mass is 9.76. The molecule has 1 aliphatic rings. The molecule has 114 valence electrons. The SMILES string of the molecule is CC(C)C(C)(CC(=O)Nc1ccc2c(c1)OCO2)C(=O)O. The number of carboxylic acids is 1. The Morgan fingerprint density at radius 1 is 1.33 bits per heavy atom. The molecule has 1 aliphatic heterocycles. The zero-order valence-corrected chi connectivity index (χ0v) is 12.3. The first-order valence-corrected chi connectivity index (χ1v) is 6.76. The molecule has 1 amide bonds. The van der Waals surface area contributed by atoms with E-state index in [1.165, 1.54) is 0 Å². The number of hydrogen-bond acceptors (Lipinski definition) is 4. The lowest BCUT2D eigenvalue weighted by Gasteiger charge is -2.28. The fourth-order valence-corrected chi connectivity index (χ4v) is 2.04. The number of hydrogen-bond donors (Lipinski definition) is 2. The van der Waals surface area contributed by atoms with Gasteiger partial charge in [-0.25, -0.2) is 0 Å². The van der Waals surface area contributed by atoms with Gasteiger partial charge in [0, 0.05) is 18.2 Å². The van der Waals surface area contributed by atoms with Gasteiger partial charge in [0.1, 0.15) is 0 Å². The fraction of sp³-hybridized carbons (Fsp3) is 0.467. The highest BCUT2D eigenvalue weighted by molar-refractivity contribution is 5.94. The summed E-state index contributed by atoms with van der Waals surface area (Å²) in [5.41, 5.74) is -0.541. The maximum atomic E-state index is 12.1. The van der Waals surface area contributed by atoms with Crippen LogP contribution in [0.25, 0.3) is 0 Å².